The van der Waals surface area contributed by atoms with E-state index in [1.54, 1.807) is 18.2 Å². The molecule has 1 aliphatic carbocycles. The molecular formula is C22H24ClFN4O3S. The third-order valence-electron chi connectivity index (χ3n) is 5.16. The predicted octanol–water partition coefficient (Wildman–Crippen LogP) is 4.52. The van der Waals surface area contributed by atoms with Gasteiger partial charge in [0.2, 0.25) is 0 Å². The number of ether oxygens (including phenoxy) is 1. The number of aliphatic hydroxyl groups excluding tert-OH is 1. The quantitative estimate of drug-likeness (QED) is 0.451. The Morgan fingerprint density at radius 1 is 1.22 bits per heavy atom. The Bertz CT molecular complexity index is 1250. The minimum atomic E-state index is -2.48. The van der Waals surface area contributed by atoms with Gasteiger partial charge < -0.3 is 19.9 Å². The fourth-order valence-corrected chi connectivity index (χ4v) is 4.63. The van der Waals surface area contributed by atoms with E-state index in [1.807, 2.05) is 0 Å². The van der Waals surface area contributed by atoms with Crippen molar-refractivity contribution >= 4 is 55.3 Å². The Kier molecular flexibility index (Phi) is 6.41. The first-order valence-electron chi connectivity index (χ1n) is 10.1. The number of nitrogens with zero attached hydrogens (tertiary/aromatic N) is 2. The molecule has 170 valence electrons. The van der Waals surface area contributed by atoms with Gasteiger partial charge in [-0.3, -0.25) is 0 Å². The fourth-order valence-electron chi connectivity index (χ4n) is 3.71. The molecule has 32 heavy (non-hydrogen) atoms. The summed E-state index contributed by atoms with van der Waals surface area (Å²) < 4.78 is 34.8. The highest BCUT2D eigenvalue weighted by atomic mass is 35.5. The highest BCUT2D eigenvalue weighted by Crippen LogP contribution is 2.36. The first kappa shape index (κ1) is 22.6. The lowest BCUT2D eigenvalue weighted by molar-refractivity contribution is 0.0668. The number of benzene rings is 2. The van der Waals surface area contributed by atoms with Gasteiger partial charge in [-0.1, -0.05) is 11.6 Å². The average molecular weight is 479 g/mol. The zero-order chi connectivity index (χ0) is 22.9. The number of anilines is 3. The normalized spacial score (nSPS) is 20.5. The lowest BCUT2D eigenvalue weighted by atomic mass is 9.95. The number of hydrogen-bond donors (Lipinski definition) is 3. The third-order valence-corrected chi connectivity index (χ3v) is 6.12. The van der Waals surface area contributed by atoms with E-state index in [-0.39, 0.29) is 12.2 Å². The molecule has 0 bridgehead atoms. The van der Waals surface area contributed by atoms with Crippen LogP contribution in [0.5, 0.6) is 5.75 Å². The first-order chi connectivity index (χ1) is 15.2. The molecule has 1 fully saturated rings. The van der Waals surface area contributed by atoms with E-state index < -0.39 is 15.5 Å². The minimum Gasteiger partial charge on any atom is -0.488 e. The Hall–Kier alpha value is -2.62. The topological polar surface area (TPSA) is 96.4 Å². The Morgan fingerprint density at radius 3 is 2.69 bits per heavy atom. The molecule has 1 heterocycles. The van der Waals surface area contributed by atoms with Crippen LogP contribution in [0.4, 0.5) is 21.6 Å². The van der Waals surface area contributed by atoms with Crippen molar-refractivity contribution in [3.05, 3.63) is 47.5 Å². The van der Waals surface area contributed by atoms with Crippen LogP contribution in [0.2, 0.25) is 5.02 Å². The predicted molar refractivity (Wildman–Crippen MR) is 128 cm³/mol. The summed E-state index contributed by atoms with van der Waals surface area (Å²) in [5.41, 5.74) is 1.59. The zero-order valence-electron chi connectivity index (χ0n) is 17.5. The van der Waals surface area contributed by atoms with Crippen LogP contribution in [-0.2, 0) is 9.71 Å². The number of fused-ring (bicyclic) bond motifs is 1. The standard InChI is InChI=1S/C22H24ClFN4O3S/c1-32(2,30)28-14-10-17(23)21-19(11-14)25-12-26-22(21)27-18-8-3-13(24)9-20(18)31-16-6-4-15(29)5-7-16/h3,8-12,15-16,29H,1,4-7H2,2H3,(H,28,30)(H,25,26,27). The summed E-state index contributed by atoms with van der Waals surface area (Å²) in [7, 11) is -2.48. The second-order valence-corrected chi connectivity index (χ2v) is 10.6. The highest BCUT2D eigenvalue weighted by Gasteiger charge is 2.22. The van der Waals surface area contributed by atoms with Gasteiger partial charge in [0.05, 0.1) is 33.8 Å². The molecule has 0 spiro atoms. The molecule has 0 radical (unpaired) electrons. The zero-order valence-corrected chi connectivity index (χ0v) is 19.0. The van der Waals surface area contributed by atoms with Crippen molar-refractivity contribution in [2.24, 2.45) is 0 Å². The van der Waals surface area contributed by atoms with Crippen LogP contribution in [0.1, 0.15) is 25.7 Å². The van der Waals surface area contributed by atoms with Gasteiger partial charge in [-0.2, -0.15) is 0 Å². The summed E-state index contributed by atoms with van der Waals surface area (Å²) in [4.78, 5) is 8.58. The first-order valence-corrected chi connectivity index (χ1v) is 12.6. The van der Waals surface area contributed by atoms with Crippen molar-refractivity contribution in [2.75, 3.05) is 16.3 Å². The van der Waals surface area contributed by atoms with Crippen molar-refractivity contribution in [3.63, 3.8) is 0 Å². The van der Waals surface area contributed by atoms with Crippen molar-refractivity contribution in [3.8, 4) is 5.75 Å². The van der Waals surface area contributed by atoms with Crippen molar-refractivity contribution < 1.29 is 18.4 Å². The lowest BCUT2D eigenvalue weighted by Crippen LogP contribution is -2.26. The second-order valence-electron chi connectivity index (χ2n) is 8.00. The van der Waals surface area contributed by atoms with Gasteiger partial charge >= 0.3 is 0 Å². The van der Waals surface area contributed by atoms with Gasteiger partial charge in [-0.15, -0.1) is 0 Å². The van der Waals surface area contributed by atoms with E-state index in [4.69, 9.17) is 16.3 Å². The molecule has 3 aromatic rings. The molecule has 7 nitrogen and oxygen atoms in total. The monoisotopic (exact) mass is 478 g/mol. The maximum atomic E-state index is 14.0. The van der Waals surface area contributed by atoms with Gasteiger partial charge in [0.15, 0.2) is 0 Å². The molecule has 1 aromatic heterocycles. The fraction of sp³-hybridized carbons (Fsp3) is 0.318. The van der Waals surface area contributed by atoms with Gasteiger partial charge in [-0.25, -0.2) is 18.6 Å². The number of halogens is 2. The van der Waals surface area contributed by atoms with E-state index in [9.17, 15) is 13.7 Å². The molecule has 1 unspecified atom stereocenters. The molecule has 3 N–H and O–H groups in total. The van der Waals surface area contributed by atoms with Gasteiger partial charge in [0, 0.05) is 27.7 Å². The van der Waals surface area contributed by atoms with Crippen molar-refractivity contribution in [2.45, 2.75) is 37.9 Å². The number of aliphatic hydroxyl groups is 1. The molecule has 4 rings (SSSR count). The number of hydrogen-bond acceptors (Lipinski definition) is 6. The van der Waals surface area contributed by atoms with Gasteiger partial charge in [-0.05, 0) is 55.8 Å². The van der Waals surface area contributed by atoms with Crippen LogP contribution in [-0.4, -0.2) is 43.6 Å². The lowest BCUT2D eigenvalue weighted by Gasteiger charge is -2.27. The smallest absolute Gasteiger partial charge is 0.146 e. The number of aromatic nitrogens is 2. The maximum Gasteiger partial charge on any atom is 0.146 e. The summed E-state index contributed by atoms with van der Waals surface area (Å²) in [6.45, 7) is 0. The second kappa shape index (κ2) is 9.09. The SMILES string of the molecule is C=S(C)(=O)Nc1cc(Cl)c2c(Nc3ccc(F)cc3OC3CCC(O)CC3)ncnc2c1. The Labute approximate surface area is 191 Å². The Morgan fingerprint density at radius 2 is 1.97 bits per heavy atom. The molecule has 10 heteroatoms. The molecule has 0 saturated heterocycles. The minimum absolute atomic E-state index is 0.105. The van der Waals surface area contributed by atoms with E-state index in [0.29, 0.717) is 64.6 Å². The van der Waals surface area contributed by atoms with E-state index in [1.165, 1.54) is 24.7 Å². The van der Waals surface area contributed by atoms with Gasteiger partial charge in [0.1, 0.15) is 23.7 Å². The van der Waals surface area contributed by atoms with Crippen LogP contribution >= 0.6 is 11.6 Å². The van der Waals surface area contributed by atoms with Crippen LogP contribution in [0.15, 0.2) is 36.7 Å². The maximum absolute atomic E-state index is 14.0. The molecule has 0 aliphatic heterocycles. The molecular weight excluding hydrogens is 455 g/mol. The van der Waals surface area contributed by atoms with E-state index in [2.05, 4.69) is 25.9 Å². The van der Waals surface area contributed by atoms with Gasteiger partial charge in [0.25, 0.3) is 0 Å². The third kappa shape index (κ3) is 5.40. The van der Waals surface area contributed by atoms with E-state index >= 15 is 0 Å². The molecule has 1 saturated carbocycles. The molecule has 0 amide bonds. The molecule has 1 aliphatic rings. The highest BCUT2D eigenvalue weighted by molar-refractivity contribution is 8.00. The van der Waals surface area contributed by atoms with Crippen LogP contribution in [0.25, 0.3) is 10.9 Å². The largest absolute Gasteiger partial charge is 0.488 e. The van der Waals surface area contributed by atoms with Crippen molar-refractivity contribution in [1.29, 1.82) is 0 Å². The summed E-state index contributed by atoms with van der Waals surface area (Å²) in [6, 6.07) is 7.57. The van der Waals surface area contributed by atoms with Crippen LogP contribution in [0, 0.1) is 5.82 Å². The number of nitrogens with one attached hydrogen (secondary N) is 2. The Balaban J connectivity index is 1.66. The average Bonchev–Trinajstić information content (AvgIpc) is 2.70. The van der Waals surface area contributed by atoms with Crippen LogP contribution in [0.3, 0.4) is 0 Å². The summed E-state index contributed by atoms with van der Waals surface area (Å²) in [5, 5.41) is 13.8. The summed E-state index contributed by atoms with van der Waals surface area (Å²) in [6.07, 6.45) is 5.16. The van der Waals surface area contributed by atoms with E-state index in [0.717, 1.165) is 0 Å². The summed E-state index contributed by atoms with van der Waals surface area (Å²) in [5.74, 6) is 3.95. The van der Waals surface area contributed by atoms with Crippen LogP contribution < -0.4 is 14.8 Å². The molecule has 2 aromatic carbocycles. The molecule has 1 atom stereocenters. The number of rotatable bonds is 6. The van der Waals surface area contributed by atoms with Crippen molar-refractivity contribution in [1.82, 2.24) is 9.97 Å². The summed E-state index contributed by atoms with van der Waals surface area (Å²) >= 11 is 6.51.